The molecule has 2 aliphatic heterocycles. The van der Waals surface area contributed by atoms with E-state index in [4.69, 9.17) is 32.7 Å². The van der Waals surface area contributed by atoms with Gasteiger partial charge >= 0.3 is 5.97 Å². The number of hydrogen-bond acceptors (Lipinski definition) is 5. The fourth-order valence-corrected chi connectivity index (χ4v) is 5.21. The van der Waals surface area contributed by atoms with Crippen molar-refractivity contribution in [1.82, 2.24) is 9.80 Å². The van der Waals surface area contributed by atoms with Crippen LogP contribution in [0.15, 0.2) is 42.5 Å². The number of amides is 1. The topological polar surface area (TPSA) is 59.1 Å². The van der Waals surface area contributed by atoms with Gasteiger partial charge < -0.3 is 19.3 Å². The summed E-state index contributed by atoms with van der Waals surface area (Å²) in [6, 6.07) is 12.7. The van der Waals surface area contributed by atoms with Crippen LogP contribution in [-0.4, -0.2) is 67.6 Å². The van der Waals surface area contributed by atoms with Gasteiger partial charge in [0.15, 0.2) is 0 Å². The molecule has 2 saturated heterocycles. The van der Waals surface area contributed by atoms with Gasteiger partial charge in [-0.1, -0.05) is 41.4 Å². The van der Waals surface area contributed by atoms with Gasteiger partial charge in [-0.3, -0.25) is 9.59 Å². The van der Waals surface area contributed by atoms with Crippen molar-refractivity contribution in [2.24, 2.45) is 5.92 Å². The summed E-state index contributed by atoms with van der Waals surface area (Å²) in [5, 5.41) is 1.05. The molecular weight excluding hydrogens is 487 g/mol. The molecule has 4 rings (SSSR count). The maximum atomic E-state index is 13.1. The second-order valence-corrected chi connectivity index (χ2v) is 10.2. The minimum atomic E-state index is -0.338. The molecule has 188 valence electrons. The molecule has 0 bridgehead atoms. The quantitative estimate of drug-likeness (QED) is 0.477. The van der Waals surface area contributed by atoms with Gasteiger partial charge in [-0.15, -0.1) is 0 Å². The highest BCUT2D eigenvalue weighted by Crippen LogP contribution is 2.29. The summed E-state index contributed by atoms with van der Waals surface area (Å²) in [7, 11) is 1.36. The summed E-state index contributed by atoms with van der Waals surface area (Å²) in [5.41, 5.74) is 1.32. The van der Waals surface area contributed by atoms with Crippen molar-refractivity contribution in [2.75, 3.05) is 39.8 Å². The molecule has 0 unspecified atom stereocenters. The maximum absolute atomic E-state index is 13.1. The first-order chi connectivity index (χ1) is 16.9. The molecule has 6 nitrogen and oxygen atoms in total. The summed E-state index contributed by atoms with van der Waals surface area (Å²) in [4.78, 5) is 29.3. The predicted molar refractivity (Wildman–Crippen MR) is 137 cm³/mol. The van der Waals surface area contributed by atoms with E-state index in [9.17, 15) is 9.59 Å². The second-order valence-electron chi connectivity index (χ2n) is 9.34. The number of carbonyl (C=O) groups is 2. The van der Waals surface area contributed by atoms with E-state index >= 15 is 0 Å². The van der Waals surface area contributed by atoms with Gasteiger partial charge in [0.05, 0.1) is 23.6 Å². The van der Waals surface area contributed by atoms with Crippen molar-refractivity contribution in [1.29, 1.82) is 0 Å². The molecule has 0 saturated carbocycles. The van der Waals surface area contributed by atoms with Crippen molar-refractivity contribution in [2.45, 2.75) is 38.2 Å². The van der Waals surface area contributed by atoms with Crippen LogP contribution >= 0.6 is 23.2 Å². The highest BCUT2D eigenvalue weighted by atomic mass is 35.5. The fourth-order valence-electron chi connectivity index (χ4n) is 4.92. The van der Waals surface area contributed by atoms with Gasteiger partial charge in [-0.05, 0) is 55.4 Å². The Morgan fingerprint density at radius 2 is 1.66 bits per heavy atom. The zero-order valence-electron chi connectivity index (χ0n) is 20.1. The molecule has 0 atom stereocenters. The van der Waals surface area contributed by atoms with Crippen LogP contribution in [0, 0.1) is 5.92 Å². The van der Waals surface area contributed by atoms with Crippen LogP contribution in [0.25, 0.3) is 0 Å². The number of nitrogens with zero attached hydrogens (tertiary/aromatic N) is 2. The highest BCUT2D eigenvalue weighted by molar-refractivity contribution is 6.42. The van der Waals surface area contributed by atoms with Crippen LogP contribution in [0.1, 0.15) is 41.6 Å². The van der Waals surface area contributed by atoms with Gasteiger partial charge in [0.2, 0.25) is 0 Å². The number of carbonyl (C=O) groups excluding carboxylic acids is 2. The molecule has 2 aromatic rings. The lowest BCUT2D eigenvalue weighted by atomic mass is 9.94. The summed E-state index contributed by atoms with van der Waals surface area (Å²) in [6.07, 6.45) is 4.24. The molecule has 0 aliphatic carbocycles. The third-order valence-corrected chi connectivity index (χ3v) is 7.70. The number of benzene rings is 2. The van der Waals surface area contributed by atoms with E-state index in [2.05, 4.69) is 4.90 Å². The SMILES string of the molecule is COC(=O)Cc1ccccc1C(=O)N1CCC(CN2CCC(Oc3ccc(Cl)c(Cl)c3)CC2)CC1. The Balaban J connectivity index is 1.22. The molecule has 2 aliphatic rings. The normalized spacial score (nSPS) is 17.9. The number of piperidine rings is 2. The number of ether oxygens (including phenoxy) is 2. The standard InChI is InChI=1S/C27H32Cl2N2O4/c1-34-26(32)16-20-4-2-3-5-23(20)27(33)31-14-8-19(9-15-31)18-30-12-10-21(11-13-30)35-22-6-7-24(28)25(29)17-22/h2-7,17,19,21H,8-16,18H2,1H3. The van der Waals surface area contributed by atoms with Gasteiger partial charge in [-0.2, -0.15) is 0 Å². The number of hydrogen-bond donors (Lipinski definition) is 0. The van der Waals surface area contributed by atoms with E-state index in [1.807, 2.05) is 29.2 Å². The number of esters is 1. The number of likely N-dealkylation sites (tertiary alicyclic amines) is 2. The Morgan fingerprint density at radius 1 is 0.943 bits per heavy atom. The van der Waals surface area contributed by atoms with Crippen LogP contribution in [0.2, 0.25) is 10.0 Å². The van der Waals surface area contributed by atoms with Gasteiger partial charge in [0.1, 0.15) is 11.9 Å². The summed E-state index contributed by atoms with van der Waals surface area (Å²) < 4.78 is 10.9. The second kappa shape index (κ2) is 12.1. The number of halogens is 2. The van der Waals surface area contributed by atoms with Crippen molar-refractivity contribution in [3.8, 4) is 5.75 Å². The summed E-state index contributed by atoms with van der Waals surface area (Å²) >= 11 is 12.1. The Morgan fingerprint density at radius 3 is 2.34 bits per heavy atom. The molecule has 35 heavy (non-hydrogen) atoms. The van der Waals surface area contributed by atoms with E-state index in [-0.39, 0.29) is 24.4 Å². The first-order valence-corrected chi connectivity index (χ1v) is 13.0. The van der Waals surface area contributed by atoms with E-state index < -0.39 is 0 Å². The van der Waals surface area contributed by atoms with Crippen molar-refractivity contribution in [3.63, 3.8) is 0 Å². The van der Waals surface area contributed by atoms with Crippen LogP contribution in [-0.2, 0) is 16.0 Å². The lowest BCUT2D eigenvalue weighted by molar-refractivity contribution is -0.139. The van der Waals surface area contributed by atoms with Crippen LogP contribution in [0.3, 0.4) is 0 Å². The molecular formula is C27H32Cl2N2O4. The van der Waals surface area contributed by atoms with E-state index in [0.717, 1.165) is 69.7 Å². The molecule has 1 amide bonds. The average molecular weight is 519 g/mol. The summed E-state index contributed by atoms with van der Waals surface area (Å²) in [5.74, 6) is 1.01. The smallest absolute Gasteiger partial charge is 0.310 e. The molecule has 0 radical (unpaired) electrons. The molecule has 2 fully saturated rings. The Bertz CT molecular complexity index is 1030. The first kappa shape index (κ1) is 25.8. The minimum absolute atomic E-state index is 0.00298. The van der Waals surface area contributed by atoms with Crippen molar-refractivity contribution < 1.29 is 19.1 Å². The minimum Gasteiger partial charge on any atom is -0.490 e. The molecule has 8 heteroatoms. The molecule has 0 spiro atoms. The zero-order chi connectivity index (χ0) is 24.8. The van der Waals surface area contributed by atoms with E-state index in [0.29, 0.717) is 21.5 Å². The van der Waals surface area contributed by atoms with Crippen molar-refractivity contribution >= 4 is 35.1 Å². The van der Waals surface area contributed by atoms with Gasteiger partial charge in [0, 0.05) is 44.4 Å². The third-order valence-electron chi connectivity index (χ3n) is 6.96. The van der Waals surface area contributed by atoms with Crippen LogP contribution in [0.5, 0.6) is 5.75 Å². The number of rotatable bonds is 7. The lowest BCUT2D eigenvalue weighted by Crippen LogP contribution is -2.44. The molecule has 2 aromatic carbocycles. The fraction of sp³-hybridized carbons (Fsp3) is 0.481. The first-order valence-electron chi connectivity index (χ1n) is 12.2. The Kier molecular flexibility index (Phi) is 8.93. The van der Waals surface area contributed by atoms with Gasteiger partial charge in [-0.25, -0.2) is 0 Å². The Labute approximate surface area is 217 Å². The largest absolute Gasteiger partial charge is 0.490 e. The highest BCUT2D eigenvalue weighted by Gasteiger charge is 2.28. The average Bonchev–Trinajstić information content (AvgIpc) is 2.88. The maximum Gasteiger partial charge on any atom is 0.310 e. The van der Waals surface area contributed by atoms with Crippen molar-refractivity contribution in [3.05, 3.63) is 63.6 Å². The molecule has 0 N–H and O–H groups in total. The monoisotopic (exact) mass is 518 g/mol. The van der Waals surface area contributed by atoms with E-state index in [1.54, 1.807) is 18.2 Å². The molecule has 0 aromatic heterocycles. The lowest BCUT2D eigenvalue weighted by Gasteiger charge is -2.37. The number of methoxy groups -OCH3 is 1. The molecule has 2 heterocycles. The zero-order valence-corrected chi connectivity index (χ0v) is 21.6. The predicted octanol–water partition coefficient (Wildman–Crippen LogP) is 5.10. The van der Waals surface area contributed by atoms with E-state index in [1.165, 1.54) is 7.11 Å². The third kappa shape index (κ3) is 6.90. The summed E-state index contributed by atoms with van der Waals surface area (Å²) in [6.45, 7) is 4.55. The van der Waals surface area contributed by atoms with Crippen LogP contribution < -0.4 is 4.74 Å². The van der Waals surface area contributed by atoms with Crippen LogP contribution in [0.4, 0.5) is 0 Å². The Hall–Kier alpha value is -2.28. The van der Waals surface area contributed by atoms with Gasteiger partial charge in [0.25, 0.3) is 5.91 Å².